The Morgan fingerprint density at radius 2 is 1.86 bits per heavy atom. The van der Waals surface area contributed by atoms with Crippen LogP contribution in [0.4, 0.5) is 10.5 Å². The molecule has 0 saturated heterocycles. The first-order valence-corrected chi connectivity index (χ1v) is 7.26. The summed E-state index contributed by atoms with van der Waals surface area (Å²) in [6, 6.07) is 5.81. The van der Waals surface area contributed by atoms with E-state index in [4.69, 9.17) is 4.74 Å². The van der Waals surface area contributed by atoms with Crippen LogP contribution in [0.1, 0.15) is 51.7 Å². The first-order valence-electron chi connectivity index (χ1n) is 7.26. The highest BCUT2D eigenvalue weighted by Crippen LogP contribution is 2.49. The molecule has 1 aromatic carbocycles. The predicted octanol–water partition coefficient (Wildman–Crippen LogP) is 3.96. The van der Waals surface area contributed by atoms with Gasteiger partial charge in [-0.3, -0.25) is 10.1 Å². The minimum Gasteiger partial charge on any atom is -0.444 e. The van der Waals surface area contributed by atoms with Gasteiger partial charge < -0.3 is 4.74 Å². The Balaban J connectivity index is 2.21. The molecule has 0 radical (unpaired) electrons. The summed E-state index contributed by atoms with van der Waals surface area (Å²) in [6.07, 6.45) is 1.30. The molecule has 0 aromatic heterocycles. The summed E-state index contributed by atoms with van der Waals surface area (Å²) in [6.45, 7) is 9.03. The van der Waals surface area contributed by atoms with Crippen molar-refractivity contribution in [2.75, 3.05) is 5.32 Å². The fourth-order valence-electron chi connectivity index (χ4n) is 2.44. The number of amides is 1. The van der Waals surface area contributed by atoms with Crippen LogP contribution in [0.15, 0.2) is 18.2 Å². The highest BCUT2D eigenvalue weighted by Gasteiger charge is 2.48. The Morgan fingerprint density at radius 1 is 1.24 bits per heavy atom. The maximum atomic E-state index is 11.9. The van der Waals surface area contributed by atoms with Gasteiger partial charge in [0, 0.05) is 5.69 Å². The average Bonchev–Trinajstić information content (AvgIpc) is 3.10. The van der Waals surface area contributed by atoms with Gasteiger partial charge >= 0.3 is 6.09 Å². The van der Waals surface area contributed by atoms with Crippen LogP contribution >= 0.6 is 0 Å². The van der Waals surface area contributed by atoms with E-state index in [0.29, 0.717) is 5.69 Å². The van der Waals surface area contributed by atoms with E-state index in [1.54, 1.807) is 6.92 Å². The lowest BCUT2D eigenvalue weighted by Gasteiger charge is -2.21. The summed E-state index contributed by atoms with van der Waals surface area (Å²) in [7, 11) is 0. The second-order valence-electron chi connectivity index (χ2n) is 6.79. The zero-order valence-electron chi connectivity index (χ0n) is 13.4. The van der Waals surface area contributed by atoms with Crippen LogP contribution in [0.3, 0.4) is 0 Å². The van der Waals surface area contributed by atoms with Gasteiger partial charge in [-0.05, 0) is 64.7 Å². The van der Waals surface area contributed by atoms with Crippen molar-refractivity contribution in [2.24, 2.45) is 0 Å². The molecule has 21 heavy (non-hydrogen) atoms. The second kappa shape index (κ2) is 5.17. The summed E-state index contributed by atoms with van der Waals surface area (Å²) in [5.74, 6) is 0.189. The molecule has 4 heteroatoms. The zero-order valence-corrected chi connectivity index (χ0v) is 13.4. The van der Waals surface area contributed by atoms with Crippen molar-refractivity contribution in [3.05, 3.63) is 29.3 Å². The average molecular weight is 289 g/mol. The summed E-state index contributed by atoms with van der Waals surface area (Å²) >= 11 is 0. The molecule has 1 aliphatic rings. The van der Waals surface area contributed by atoms with E-state index in [1.807, 2.05) is 45.9 Å². The molecular formula is C17H23NO3. The number of Topliss-reactive ketones (excluding diaryl/α,β-unsaturated/α-hetero) is 1. The second-order valence-corrected chi connectivity index (χ2v) is 6.79. The first kappa shape index (κ1) is 15.5. The van der Waals surface area contributed by atoms with Crippen molar-refractivity contribution in [3.8, 4) is 0 Å². The van der Waals surface area contributed by atoms with Gasteiger partial charge in [-0.15, -0.1) is 0 Å². The fraction of sp³-hybridized carbons (Fsp3) is 0.529. The molecule has 0 spiro atoms. The van der Waals surface area contributed by atoms with Crippen molar-refractivity contribution in [1.29, 1.82) is 0 Å². The van der Waals surface area contributed by atoms with E-state index in [2.05, 4.69) is 5.32 Å². The predicted molar refractivity (Wildman–Crippen MR) is 82.6 cm³/mol. The monoisotopic (exact) mass is 289 g/mol. The lowest BCUT2D eigenvalue weighted by molar-refractivity contribution is -0.119. The number of hydrogen-bond acceptors (Lipinski definition) is 3. The van der Waals surface area contributed by atoms with Crippen LogP contribution in [0.5, 0.6) is 0 Å². The summed E-state index contributed by atoms with van der Waals surface area (Å²) < 4.78 is 5.27. The van der Waals surface area contributed by atoms with E-state index in [9.17, 15) is 9.59 Å². The van der Waals surface area contributed by atoms with Crippen LogP contribution in [0.2, 0.25) is 0 Å². The maximum Gasteiger partial charge on any atom is 0.412 e. The number of aryl methyl sites for hydroxylation is 1. The molecule has 114 valence electrons. The van der Waals surface area contributed by atoms with Crippen LogP contribution in [0.25, 0.3) is 0 Å². The number of carbonyl (C=O) groups excluding carboxylic acids is 2. The lowest BCUT2D eigenvalue weighted by atomic mass is 9.91. The molecule has 1 saturated carbocycles. The van der Waals surface area contributed by atoms with Crippen molar-refractivity contribution >= 4 is 17.6 Å². The molecule has 1 fully saturated rings. The molecule has 1 amide bonds. The first-order chi connectivity index (χ1) is 9.64. The van der Waals surface area contributed by atoms with Crippen molar-refractivity contribution < 1.29 is 14.3 Å². The normalized spacial score (nSPS) is 16.2. The Bertz CT molecular complexity index is 580. The van der Waals surface area contributed by atoms with Gasteiger partial charge in [0.15, 0.2) is 0 Å². The van der Waals surface area contributed by atoms with E-state index in [1.165, 1.54) is 0 Å². The van der Waals surface area contributed by atoms with Gasteiger partial charge in [-0.2, -0.15) is 0 Å². The van der Waals surface area contributed by atoms with Crippen molar-refractivity contribution in [2.45, 2.75) is 58.5 Å². The highest BCUT2D eigenvalue weighted by molar-refractivity contribution is 5.92. The smallest absolute Gasteiger partial charge is 0.412 e. The van der Waals surface area contributed by atoms with Gasteiger partial charge in [-0.25, -0.2) is 4.79 Å². The Hall–Kier alpha value is -1.84. The Labute approximate surface area is 125 Å². The number of ketones is 1. The van der Waals surface area contributed by atoms with E-state index >= 15 is 0 Å². The zero-order chi connectivity index (χ0) is 15.8. The van der Waals surface area contributed by atoms with Gasteiger partial charge in [0.25, 0.3) is 0 Å². The number of nitrogens with one attached hydrogen (secondary N) is 1. The Kier molecular flexibility index (Phi) is 3.83. The molecular weight excluding hydrogens is 266 g/mol. The number of anilines is 1. The SMILES string of the molecule is CC(=O)C1(c2ccc(C)c(NC(=O)OC(C)(C)C)c2)CC1. The fourth-order valence-corrected chi connectivity index (χ4v) is 2.44. The molecule has 1 aliphatic carbocycles. The molecule has 2 rings (SSSR count). The van der Waals surface area contributed by atoms with Crippen LogP contribution < -0.4 is 5.32 Å². The van der Waals surface area contributed by atoms with E-state index in [-0.39, 0.29) is 11.2 Å². The number of hydrogen-bond donors (Lipinski definition) is 1. The quantitative estimate of drug-likeness (QED) is 0.916. The standard InChI is InChI=1S/C17H23NO3/c1-11-6-7-13(17(8-9-17)12(2)19)10-14(11)18-15(20)21-16(3,4)5/h6-7,10H,8-9H2,1-5H3,(H,18,20). The molecule has 0 aliphatic heterocycles. The largest absolute Gasteiger partial charge is 0.444 e. The molecule has 0 bridgehead atoms. The Morgan fingerprint density at radius 3 is 2.33 bits per heavy atom. The number of ether oxygens (including phenoxy) is 1. The number of carbonyl (C=O) groups is 2. The van der Waals surface area contributed by atoms with Gasteiger partial charge in [0.05, 0.1) is 5.41 Å². The van der Waals surface area contributed by atoms with E-state index < -0.39 is 11.7 Å². The van der Waals surface area contributed by atoms with Gasteiger partial charge in [0.2, 0.25) is 0 Å². The van der Waals surface area contributed by atoms with Gasteiger partial charge in [0.1, 0.15) is 11.4 Å². The molecule has 0 unspecified atom stereocenters. The summed E-state index contributed by atoms with van der Waals surface area (Å²) in [5.41, 5.74) is 1.76. The van der Waals surface area contributed by atoms with Crippen LogP contribution in [-0.4, -0.2) is 17.5 Å². The third kappa shape index (κ3) is 3.43. The minimum absolute atomic E-state index is 0.189. The summed E-state index contributed by atoms with van der Waals surface area (Å²) in [5, 5.41) is 2.77. The lowest BCUT2D eigenvalue weighted by Crippen LogP contribution is -2.27. The molecule has 0 atom stereocenters. The van der Waals surface area contributed by atoms with Gasteiger partial charge in [-0.1, -0.05) is 12.1 Å². The van der Waals surface area contributed by atoms with Crippen LogP contribution in [0, 0.1) is 6.92 Å². The van der Waals surface area contributed by atoms with Crippen molar-refractivity contribution in [3.63, 3.8) is 0 Å². The molecule has 0 heterocycles. The number of benzene rings is 1. The third-order valence-electron chi connectivity index (χ3n) is 3.85. The van der Waals surface area contributed by atoms with Crippen molar-refractivity contribution in [1.82, 2.24) is 0 Å². The minimum atomic E-state index is -0.535. The van der Waals surface area contributed by atoms with Crippen LogP contribution in [-0.2, 0) is 14.9 Å². The number of rotatable bonds is 3. The summed E-state index contributed by atoms with van der Waals surface area (Å²) in [4.78, 5) is 23.7. The third-order valence-corrected chi connectivity index (χ3v) is 3.85. The highest BCUT2D eigenvalue weighted by atomic mass is 16.6. The molecule has 4 nitrogen and oxygen atoms in total. The molecule has 1 aromatic rings. The molecule has 1 N–H and O–H groups in total. The topological polar surface area (TPSA) is 55.4 Å². The van der Waals surface area contributed by atoms with E-state index in [0.717, 1.165) is 24.0 Å². The maximum absolute atomic E-state index is 11.9.